The number of amides is 2. The van der Waals surface area contributed by atoms with Gasteiger partial charge in [0, 0.05) is 43.5 Å². The number of nitrogens with zero attached hydrogens (tertiary/aromatic N) is 2. The monoisotopic (exact) mass is 354 g/mol. The second-order valence-corrected chi connectivity index (χ2v) is 6.05. The van der Waals surface area contributed by atoms with Crippen molar-refractivity contribution in [2.75, 3.05) is 25.0 Å². The van der Waals surface area contributed by atoms with E-state index in [1.165, 1.54) is 13.1 Å². The number of nitrogens with one attached hydrogen (secondary N) is 2. The molecule has 1 aromatic carbocycles. The highest BCUT2D eigenvalue weighted by atomic mass is 16.2. The van der Waals surface area contributed by atoms with Crippen molar-refractivity contribution in [1.82, 2.24) is 10.2 Å². The van der Waals surface area contributed by atoms with Crippen LogP contribution in [0.4, 0.5) is 5.69 Å². The quantitative estimate of drug-likeness (QED) is 0.321. The van der Waals surface area contributed by atoms with Crippen LogP contribution in [0.3, 0.4) is 0 Å². The van der Waals surface area contributed by atoms with Gasteiger partial charge in [0.05, 0.1) is 0 Å². The highest BCUT2D eigenvalue weighted by Gasteiger charge is 2.18. The molecule has 0 aromatic heterocycles. The topological polar surface area (TPSA) is 102 Å². The average molecular weight is 354 g/mol. The van der Waals surface area contributed by atoms with Crippen LogP contribution in [-0.4, -0.2) is 42.1 Å². The summed E-state index contributed by atoms with van der Waals surface area (Å²) in [5.41, 5.74) is 0.881. The van der Waals surface area contributed by atoms with Crippen molar-refractivity contribution >= 4 is 23.3 Å². The summed E-state index contributed by atoms with van der Waals surface area (Å²) in [5, 5.41) is 14.7. The molecule has 1 aliphatic heterocycles. The number of carbonyl (C=O) groups is 3. The van der Waals surface area contributed by atoms with E-state index < -0.39 is 5.91 Å². The SMILES string of the molecule is CC(=O)c1cccc(NC(=O)/C(C#N)=C\NCCCN2CCCC2=O)c1. The van der Waals surface area contributed by atoms with Crippen molar-refractivity contribution in [3.8, 4) is 6.07 Å². The second kappa shape index (κ2) is 9.37. The van der Waals surface area contributed by atoms with Gasteiger partial charge in [-0.25, -0.2) is 0 Å². The summed E-state index contributed by atoms with van der Waals surface area (Å²) in [6, 6.07) is 8.40. The molecule has 136 valence electrons. The number of benzene rings is 1. The van der Waals surface area contributed by atoms with E-state index in [0.717, 1.165) is 19.4 Å². The molecule has 0 spiro atoms. The zero-order valence-electron chi connectivity index (χ0n) is 14.7. The molecule has 2 rings (SSSR count). The zero-order valence-corrected chi connectivity index (χ0v) is 14.7. The Morgan fingerprint density at radius 3 is 2.85 bits per heavy atom. The normalized spacial score (nSPS) is 14.1. The lowest BCUT2D eigenvalue weighted by Crippen LogP contribution is -2.27. The Kier molecular flexibility index (Phi) is 6.92. The summed E-state index contributed by atoms with van der Waals surface area (Å²) in [4.78, 5) is 36.9. The molecular weight excluding hydrogens is 332 g/mol. The zero-order chi connectivity index (χ0) is 18.9. The van der Waals surface area contributed by atoms with E-state index in [1.54, 1.807) is 24.3 Å². The maximum absolute atomic E-state index is 12.2. The predicted octanol–water partition coefficient (Wildman–Crippen LogP) is 1.84. The summed E-state index contributed by atoms with van der Waals surface area (Å²) < 4.78 is 0. The van der Waals surface area contributed by atoms with Gasteiger partial charge in [0.1, 0.15) is 11.6 Å². The molecule has 1 saturated heterocycles. The Bertz CT molecular complexity index is 764. The first-order valence-corrected chi connectivity index (χ1v) is 8.55. The van der Waals surface area contributed by atoms with E-state index in [2.05, 4.69) is 10.6 Å². The van der Waals surface area contributed by atoms with E-state index in [0.29, 0.717) is 30.8 Å². The smallest absolute Gasteiger partial charge is 0.267 e. The summed E-state index contributed by atoms with van der Waals surface area (Å²) in [6.07, 6.45) is 3.64. The van der Waals surface area contributed by atoms with Crippen LogP contribution >= 0.6 is 0 Å². The molecule has 1 aromatic rings. The molecule has 0 radical (unpaired) electrons. The van der Waals surface area contributed by atoms with Gasteiger partial charge < -0.3 is 15.5 Å². The summed E-state index contributed by atoms with van der Waals surface area (Å²) in [7, 11) is 0. The Hall–Kier alpha value is -3.14. The molecule has 26 heavy (non-hydrogen) atoms. The number of anilines is 1. The molecule has 7 nitrogen and oxygen atoms in total. The lowest BCUT2D eigenvalue weighted by atomic mass is 10.1. The van der Waals surface area contributed by atoms with Crippen LogP contribution in [0.5, 0.6) is 0 Å². The van der Waals surface area contributed by atoms with Gasteiger partial charge in [-0.05, 0) is 31.9 Å². The molecule has 2 amide bonds. The lowest BCUT2D eigenvalue weighted by molar-refractivity contribution is -0.127. The van der Waals surface area contributed by atoms with Crippen molar-refractivity contribution in [3.05, 3.63) is 41.6 Å². The van der Waals surface area contributed by atoms with E-state index in [4.69, 9.17) is 5.26 Å². The minimum Gasteiger partial charge on any atom is -0.390 e. The summed E-state index contributed by atoms with van der Waals surface area (Å²) in [5.74, 6) is -0.462. The van der Waals surface area contributed by atoms with Crippen LogP contribution in [0.15, 0.2) is 36.0 Å². The van der Waals surface area contributed by atoms with Crippen LogP contribution in [0.2, 0.25) is 0 Å². The Labute approximate surface area is 152 Å². The molecule has 1 heterocycles. The lowest BCUT2D eigenvalue weighted by Gasteiger charge is -2.14. The van der Waals surface area contributed by atoms with E-state index in [1.807, 2.05) is 11.0 Å². The average Bonchev–Trinajstić information content (AvgIpc) is 3.03. The van der Waals surface area contributed by atoms with Gasteiger partial charge in [-0.2, -0.15) is 5.26 Å². The van der Waals surface area contributed by atoms with E-state index in [-0.39, 0.29) is 17.3 Å². The van der Waals surface area contributed by atoms with Crippen molar-refractivity contribution in [2.24, 2.45) is 0 Å². The molecular formula is C19H22N4O3. The molecule has 7 heteroatoms. The number of hydrogen-bond acceptors (Lipinski definition) is 5. The molecule has 0 atom stereocenters. The highest BCUT2D eigenvalue weighted by molar-refractivity contribution is 6.07. The number of Topliss-reactive ketones (excluding diaryl/α,β-unsaturated/α-hetero) is 1. The van der Waals surface area contributed by atoms with Gasteiger partial charge >= 0.3 is 0 Å². The van der Waals surface area contributed by atoms with E-state index >= 15 is 0 Å². The number of carbonyl (C=O) groups excluding carboxylic acids is 3. The van der Waals surface area contributed by atoms with E-state index in [9.17, 15) is 14.4 Å². The van der Waals surface area contributed by atoms with Gasteiger partial charge in [-0.3, -0.25) is 14.4 Å². The number of likely N-dealkylation sites (tertiary alicyclic amines) is 1. The van der Waals surface area contributed by atoms with Crippen molar-refractivity contribution in [3.63, 3.8) is 0 Å². The van der Waals surface area contributed by atoms with Gasteiger partial charge in [0.15, 0.2) is 5.78 Å². The van der Waals surface area contributed by atoms with Crippen molar-refractivity contribution in [1.29, 1.82) is 5.26 Å². The Balaban J connectivity index is 1.82. The molecule has 2 N–H and O–H groups in total. The van der Waals surface area contributed by atoms with Crippen molar-refractivity contribution < 1.29 is 14.4 Å². The van der Waals surface area contributed by atoms with Gasteiger partial charge in [-0.15, -0.1) is 0 Å². The maximum atomic E-state index is 12.2. The van der Waals surface area contributed by atoms with Crippen molar-refractivity contribution in [2.45, 2.75) is 26.2 Å². The first kappa shape index (κ1) is 19.2. The van der Waals surface area contributed by atoms with Gasteiger partial charge in [0.25, 0.3) is 5.91 Å². The first-order chi connectivity index (χ1) is 12.5. The van der Waals surface area contributed by atoms with Crippen LogP contribution in [-0.2, 0) is 9.59 Å². The third-order valence-electron chi connectivity index (χ3n) is 4.06. The fourth-order valence-electron chi connectivity index (χ4n) is 2.65. The fraction of sp³-hybridized carbons (Fsp3) is 0.368. The predicted molar refractivity (Wildman–Crippen MR) is 97.2 cm³/mol. The first-order valence-electron chi connectivity index (χ1n) is 8.55. The second-order valence-electron chi connectivity index (χ2n) is 6.05. The molecule has 0 aliphatic carbocycles. The van der Waals surface area contributed by atoms with Gasteiger partial charge in [-0.1, -0.05) is 12.1 Å². The largest absolute Gasteiger partial charge is 0.390 e. The number of nitriles is 1. The Morgan fingerprint density at radius 1 is 1.38 bits per heavy atom. The minimum absolute atomic E-state index is 0.0597. The van der Waals surface area contributed by atoms with Crippen LogP contribution in [0, 0.1) is 11.3 Å². The fourth-order valence-corrected chi connectivity index (χ4v) is 2.65. The van der Waals surface area contributed by atoms with Gasteiger partial charge in [0.2, 0.25) is 5.91 Å². The van der Waals surface area contributed by atoms with Crippen LogP contribution < -0.4 is 10.6 Å². The minimum atomic E-state index is -0.546. The molecule has 1 fully saturated rings. The molecule has 0 saturated carbocycles. The van der Waals surface area contributed by atoms with Crippen LogP contribution in [0.1, 0.15) is 36.5 Å². The highest BCUT2D eigenvalue weighted by Crippen LogP contribution is 2.12. The third kappa shape index (κ3) is 5.45. The number of rotatable bonds is 8. The number of hydrogen-bond donors (Lipinski definition) is 2. The number of ketones is 1. The maximum Gasteiger partial charge on any atom is 0.267 e. The summed E-state index contributed by atoms with van der Waals surface area (Å²) >= 11 is 0. The third-order valence-corrected chi connectivity index (χ3v) is 4.06. The molecule has 0 unspecified atom stereocenters. The Morgan fingerprint density at radius 2 is 2.19 bits per heavy atom. The molecule has 1 aliphatic rings. The van der Waals surface area contributed by atoms with Crippen LogP contribution in [0.25, 0.3) is 0 Å². The standard InChI is InChI=1S/C19H22N4O3/c1-14(24)15-5-2-6-17(11-15)22-19(26)16(12-20)13-21-8-4-10-23-9-3-7-18(23)25/h2,5-6,11,13,21H,3-4,7-10H2,1H3,(H,22,26)/b16-13-. The summed E-state index contributed by atoms with van der Waals surface area (Å²) in [6.45, 7) is 3.48. The molecule has 0 bridgehead atoms.